The number of aryl methyl sites for hydroxylation is 1. The largest absolute Gasteiger partial charge is 0.483 e. The molecule has 0 radical (unpaired) electrons. The lowest BCUT2D eigenvalue weighted by Gasteiger charge is -2.16. The molecule has 1 heterocycles. The van der Waals surface area contributed by atoms with Crippen LogP contribution in [0.3, 0.4) is 0 Å². The first-order valence-corrected chi connectivity index (χ1v) is 7.48. The van der Waals surface area contributed by atoms with Gasteiger partial charge in [-0.3, -0.25) is 0 Å². The quantitative estimate of drug-likeness (QED) is 0.639. The van der Waals surface area contributed by atoms with Crippen LogP contribution in [-0.2, 0) is 6.54 Å². The maximum atomic E-state index is 6.08. The van der Waals surface area contributed by atoms with Crippen molar-refractivity contribution in [1.82, 2.24) is 9.55 Å². The highest BCUT2D eigenvalue weighted by Crippen LogP contribution is 2.25. The number of benzene rings is 2. The number of para-hydroxylation sites is 2. The topological polar surface area (TPSA) is 27.1 Å². The van der Waals surface area contributed by atoms with Gasteiger partial charge in [0, 0.05) is 6.54 Å². The van der Waals surface area contributed by atoms with Gasteiger partial charge in [0.25, 0.3) is 0 Å². The molecule has 2 aromatic carbocycles. The summed E-state index contributed by atoms with van der Waals surface area (Å²) >= 11 is 0. The zero-order chi connectivity index (χ0) is 15.5. The number of rotatable bonds is 5. The monoisotopic (exact) mass is 292 g/mol. The molecule has 0 fully saturated rings. The number of imidazole rings is 1. The van der Waals surface area contributed by atoms with Crippen LogP contribution in [0.4, 0.5) is 0 Å². The van der Waals surface area contributed by atoms with Crippen molar-refractivity contribution in [3.63, 3.8) is 0 Å². The average Bonchev–Trinajstić information content (AvgIpc) is 2.87. The molecular weight excluding hydrogens is 272 g/mol. The fourth-order valence-corrected chi connectivity index (χ4v) is 2.67. The van der Waals surface area contributed by atoms with Crippen LogP contribution in [-0.4, -0.2) is 9.55 Å². The van der Waals surface area contributed by atoms with Crippen LogP contribution in [0.5, 0.6) is 5.75 Å². The summed E-state index contributed by atoms with van der Waals surface area (Å²) in [6, 6.07) is 16.2. The van der Waals surface area contributed by atoms with E-state index in [-0.39, 0.29) is 6.10 Å². The summed E-state index contributed by atoms with van der Waals surface area (Å²) in [6.07, 6.45) is 1.76. The molecule has 3 aromatic rings. The Morgan fingerprint density at radius 2 is 2.05 bits per heavy atom. The van der Waals surface area contributed by atoms with Gasteiger partial charge in [-0.2, -0.15) is 0 Å². The first-order chi connectivity index (χ1) is 10.7. The van der Waals surface area contributed by atoms with E-state index in [1.807, 2.05) is 49.4 Å². The van der Waals surface area contributed by atoms with Crippen LogP contribution in [0.15, 0.2) is 61.2 Å². The summed E-state index contributed by atoms with van der Waals surface area (Å²) < 4.78 is 8.24. The summed E-state index contributed by atoms with van der Waals surface area (Å²) in [7, 11) is 0. The molecule has 0 aliphatic carbocycles. The van der Waals surface area contributed by atoms with Gasteiger partial charge in [-0.15, -0.1) is 6.58 Å². The molecule has 0 spiro atoms. The minimum Gasteiger partial charge on any atom is -0.483 e. The highest BCUT2D eigenvalue weighted by molar-refractivity contribution is 5.76. The van der Waals surface area contributed by atoms with Gasteiger partial charge in [-0.25, -0.2) is 4.98 Å². The minimum absolute atomic E-state index is 0.130. The fraction of sp³-hybridized carbons (Fsp3) is 0.211. The Balaban J connectivity index is 1.97. The van der Waals surface area contributed by atoms with Crippen molar-refractivity contribution in [3.8, 4) is 5.75 Å². The van der Waals surface area contributed by atoms with Crippen molar-refractivity contribution in [3.05, 3.63) is 72.6 Å². The van der Waals surface area contributed by atoms with Gasteiger partial charge >= 0.3 is 0 Å². The maximum absolute atomic E-state index is 6.08. The molecule has 0 saturated carbocycles. The molecule has 0 N–H and O–H groups in total. The Morgan fingerprint density at radius 3 is 2.82 bits per heavy atom. The molecule has 3 heteroatoms. The molecule has 1 aromatic heterocycles. The molecule has 112 valence electrons. The number of hydrogen-bond donors (Lipinski definition) is 0. The number of allylic oxidation sites excluding steroid dienone is 1. The minimum atomic E-state index is -0.130. The second-order valence-electron chi connectivity index (χ2n) is 5.43. The molecule has 0 saturated heterocycles. The number of ether oxygens (including phenoxy) is 1. The summed E-state index contributed by atoms with van der Waals surface area (Å²) in [5, 5.41) is 0. The SMILES string of the molecule is C=CCn1c([C@H](C)Oc2cccc(C)c2)nc2ccccc21. The van der Waals surface area contributed by atoms with Crippen LogP contribution in [0.1, 0.15) is 24.4 Å². The molecule has 0 bridgehead atoms. The number of fused-ring (bicyclic) bond motifs is 1. The normalized spacial score (nSPS) is 12.3. The predicted molar refractivity (Wildman–Crippen MR) is 90.2 cm³/mol. The molecule has 0 aliphatic heterocycles. The maximum Gasteiger partial charge on any atom is 0.153 e. The van der Waals surface area contributed by atoms with Crippen LogP contribution >= 0.6 is 0 Å². The van der Waals surface area contributed by atoms with Crippen LogP contribution in [0.2, 0.25) is 0 Å². The van der Waals surface area contributed by atoms with Crippen molar-refractivity contribution in [2.45, 2.75) is 26.5 Å². The van der Waals surface area contributed by atoms with E-state index in [1.165, 1.54) is 5.56 Å². The summed E-state index contributed by atoms with van der Waals surface area (Å²) in [6.45, 7) is 8.66. The lowest BCUT2D eigenvalue weighted by atomic mass is 10.2. The fourth-order valence-electron chi connectivity index (χ4n) is 2.67. The Labute approximate surface area is 130 Å². The first kappa shape index (κ1) is 14.4. The van der Waals surface area contributed by atoms with E-state index in [0.29, 0.717) is 0 Å². The molecule has 0 unspecified atom stereocenters. The Kier molecular flexibility index (Phi) is 3.96. The molecule has 0 amide bonds. The third kappa shape index (κ3) is 2.75. The highest BCUT2D eigenvalue weighted by Gasteiger charge is 2.17. The smallest absolute Gasteiger partial charge is 0.153 e. The van der Waals surface area contributed by atoms with E-state index in [9.17, 15) is 0 Å². The van der Waals surface area contributed by atoms with Gasteiger partial charge in [-0.1, -0.05) is 30.3 Å². The predicted octanol–water partition coefficient (Wildman–Crippen LogP) is 4.67. The Bertz CT molecular complexity index is 804. The summed E-state index contributed by atoms with van der Waals surface area (Å²) in [5.41, 5.74) is 3.28. The molecule has 0 aliphatic rings. The molecule has 3 rings (SSSR count). The standard InChI is InChI=1S/C19H20N2O/c1-4-12-21-18-11-6-5-10-17(18)20-19(21)15(3)22-16-9-7-8-14(2)13-16/h4-11,13,15H,1,12H2,2-3H3/t15-/m0/s1. The Hall–Kier alpha value is -2.55. The van der Waals surface area contributed by atoms with Crippen molar-refractivity contribution in [2.75, 3.05) is 0 Å². The lowest BCUT2D eigenvalue weighted by molar-refractivity contribution is 0.212. The van der Waals surface area contributed by atoms with Gasteiger partial charge in [0.2, 0.25) is 0 Å². The Morgan fingerprint density at radius 1 is 1.23 bits per heavy atom. The van der Waals surface area contributed by atoms with E-state index in [0.717, 1.165) is 29.2 Å². The molecule has 1 atom stereocenters. The van der Waals surface area contributed by atoms with Crippen molar-refractivity contribution in [2.24, 2.45) is 0 Å². The van der Waals surface area contributed by atoms with E-state index in [1.54, 1.807) is 0 Å². The average molecular weight is 292 g/mol. The zero-order valence-corrected chi connectivity index (χ0v) is 13.0. The molecular formula is C19H20N2O. The van der Waals surface area contributed by atoms with Crippen molar-refractivity contribution >= 4 is 11.0 Å². The number of nitrogens with zero attached hydrogens (tertiary/aromatic N) is 2. The first-order valence-electron chi connectivity index (χ1n) is 7.48. The second kappa shape index (κ2) is 6.06. The highest BCUT2D eigenvalue weighted by atomic mass is 16.5. The zero-order valence-electron chi connectivity index (χ0n) is 13.0. The van der Waals surface area contributed by atoms with E-state index >= 15 is 0 Å². The third-order valence-electron chi connectivity index (χ3n) is 3.66. The van der Waals surface area contributed by atoms with E-state index < -0.39 is 0 Å². The lowest BCUT2D eigenvalue weighted by Crippen LogP contribution is -2.11. The van der Waals surface area contributed by atoms with Crippen LogP contribution in [0.25, 0.3) is 11.0 Å². The van der Waals surface area contributed by atoms with Gasteiger partial charge < -0.3 is 9.30 Å². The van der Waals surface area contributed by atoms with Crippen molar-refractivity contribution in [1.29, 1.82) is 0 Å². The molecule has 3 nitrogen and oxygen atoms in total. The van der Waals surface area contributed by atoms with Gasteiger partial charge in [-0.05, 0) is 43.7 Å². The van der Waals surface area contributed by atoms with Crippen LogP contribution < -0.4 is 4.74 Å². The summed E-state index contributed by atoms with van der Waals surface area (Å²) in [5.74, 6) is 1.78. The third-order valence-corrected chi connectivity index (χ3v) is 3.66. The number of hydrogen-bond acceptors (Lipinski definition) is 2. The molecule has 22 heavy (non-hydrogen) atoms. The van der Waals surface area contributed by atoms with Gasteiger partial charge in [0.1, 0.15) is 5.75 Å². The summed E-state index contributed by atoms with van der Waals surface area (Å²) in [4.78, 5) is 4.74. The van der Waals surface area contributed by atoms with Crippen LogP contribution in [0, 0.1) is 6.92 Å². The van der Waals surface area contributed by atoms with E-state index in [2.05, 4.69) is 30.2 Å². The van der Waals surface area contributed by atoms with Gasteiger partial charge in [0.15, 0.2) is 11.9 Å². The van der Waals surface area contributed by atoms with Crippen molar-refractivity contribution < 1.29 is 4.74 Å². The second-order valence-corrected chi connectivity index (χ2v) is 5.43. The van der Waals surface area contributed by atoms with E-state index in [4.69, 9.17) is 9.72 Å². The van der Waals surface area contributed by atoms with Gasteiger partial charge in [0.05, 0.1) is 11.0 Å². The number of aromatic nitrogens is 2.